The molecule has 13 heteroatoms. The highest BCUT2D eigenvalue weighted by atomic mass is 32.2. The molecule has 1 aliphatic rings. The Kier molecular flexibility index (Phi) is 6.71. The lowest BCUT2D eigenvalue weighted by atomic mass is 10.1. The molecule has 0 radical (unpaired) electrons. The van der Waals surface area contributed by atoms with Crippen molar-refractivity contribution in [1.29, 1.82) is 0 Å². The number of carbonyl (C=O) groups excluding carboxylic acids is 1. The Balaban J connectivity index is 1.63. The standard InChI is InChI=1S/C22H20N4O7S2/c1-31-16-8-5-13(14(27)6-3-12-4-7-15-17(9-12)33-11-32-15)10-18(16)35(29,30)26-19-20(23)24-22(34-2)25-21(19)28/h3-10,26H,11H2,1-2H3,(H3,23,24,25,28)/b6-3+. The smallest absolute Gasteiger partial charge is 0.278 e. The molecule has 2 heterocycles. The van der Waals surface area contributed by atoms with Gasteiger partial charge in [0.25, 0.3) is 15.6 Å². The average molecular weight is 517 g/mol. The summed E-state index contributed by atoms with van der Waals surface area (Å²) < 4.78 is 44.1. The maximum absolute atomic E-state index is 13.1. The van der Waals surface area contributed by atoms with Crippen molar-refractivity contribution in [3.05, 3.63) is 64.0 Å². The highest BCUT2D eigenvalue weighted by molar-refractivity contribution is 7.98. The fourth-order valence-electron chi connectivity index (χ4n) is 3.18. The lowest BCUT2D eigenvalue weighted by Crippen LogP contribution is -2.23. The number of sulfonamides is 1. The quantitative estimate of drug-likeness (QED) is 0.175. The van der Waals surface area contributed by atoms with Crippen LogP contribution in [0.5, 0.6) is 17.2 Å². The molecule has 0 saturated carbocycles. The number of carbonyl (C=O) groups is 1. The summed E-state index contributed by atoms with van der Waals surface area (Å²) in [6.07, 6.45) is 4.55. The molecule has 35 heavy (non-hydrogen) atoms. The van der Waals surface area contributed by atoms with Crippen molar-refractivity contribution >= 4 is 45.1 Å². The zero-order chi connectivity index (χ0) is 25.2. The molecule has 0 atom stereocenters. The molecule has 11 nitrogen and oxygen atoms in total. The molecule has 0 spiro atoms. The summed E-state index contributed by atoms with van der Waals surface area (Å²) in [7, 11) is -3.10. The molecule has 0 bridgehead atoms. The first-order valence-corrected chi connectivity index (χ1v) is 12.7. The number of methoxy groups -OCH3 is 1. The summed E-state index contributed by atoms with van der Waals surface area (Å²) >= 11 is 1.14. The summed E-state index contributed by atoms with van der Waals surface area (Å²) in [5.74, 6) is 0.406. The molecule has 0 aliphatic carbocycles. The number of nitrogen functional groups attached to an aromatic ring is 1. The van der Waals surface area contributed by atoms with E-state index in [1.54, 1.807) is 30.5 Å². The maximum atomic E-state index is 13.1. The average Bonchev–Trinajstić information content (AvgIpc) is 3.32. The first kappa shape index (κ1) is 24.2. The number of ketones is 1. The summed E-state index contributed by atoms with van der Waals surface area (Å²) in [6, 6.07) is 9.13. The van der Waals surface area contributed by atoms with Crippen molar-refractivity contribution in [1.82, 2.24) is 9.97 Å². The summed E-state index contributed by atoms with van der Waals surface area (Å²) in [5.41, 5.74) is 5.36. The van der Waals surface area contributed by atoms with E-state index in [1.807, 2.05) is 0 Å². The topological polar surface area (TPSA) is 163 Å². The van der Waals surface area contributed by atoms with Crippen LogP contribution in [0.3, 0.4) is 0 Å². The molecule has 0 fully saturated rings. The van der Waals surface area contributed by atoms with Crippen LogP contribution < -0.4 is 30.2 Å². The molecule has 1 aromatic heterocycles. The third-order valence-electron chi connectivity index (χ3n) is 4.92. The number of anilines is 2. The van der Waals surface area contributed by atoms with Crippen LogP contribution >= 0.6 is 11.8 Å². The third-order valence-corrected chi connectivity index (χ3v) is 6.87. The predicted molar refractivity (Wildman–Crippen MR) is 131 cm³/mol. The number of rotatable bonds is 8. The molecular weight excluding hydrogens is 496 g/mol. The highest BCUT2D eigenvalue weighted by Crippen LogP contribution is 2.33. The van der Waals surface area contributed by atoms with Crippen molar-refractivity contribution in [2.24, 2.45) is 0 Å². The van der Waals surface area contributed by atoms with Crippen LogP contribution in [-0.4, -0.2) is 44.3 Å². The number of nitrogens with one attached hydrogen (secondary N) is 2. The minimum atomic E-state index is -4.38. The van der Waals surface area contributed by atoms with Gasteiger partial charge in [-0.2, -0.15) is 0 Å². The summed E-state index contributed by atoms with van der Waals surface area (Å²) in [5, 5.41) is 0.231. The van der Waals surface area contributed by atoms with Crippen LogP contribution in [0.25, 0.3) is 6.08 Å². The number of allylic oxidation sites excluding steroid dienone is 1. The highest BCUT2D eigenvalue weighted by Gasteiger charge is 2.24. The molecule has 0 unspecified atom stereocenters. The number of hydrogen-bond donors (Lipinski definition) is 3. The lowest BCUT2D eigenvalue weighted by Gasteiger charge is -2.13. The second-order valence-electron chi connectivity index (χ2n) is 7.12. The van der Waals surface area contributed by atoms with Gasteiger partial charge in [-0.15, -0.1) is 0 Å². The molecular formula is C22H20N4O7S2. The van der Waals surface area contributed by atoms with Crippen molar-refractivity contribution in [2.45, 2.75) is 10.1 Å². The number of nitrogens with zero attached hydrogens (tertiary/aromatic N) is 1. The van der Waals surface area contributed by atoms with Gasteiger partial charge in [0.1, 0.15) is 10.6 Å². The largest absolute Gasteiger partial charge is 0.495 e. The number of fused-ring (bicyclic) bond motifs is 1. The van der Waals surface area contributed by atoms with Gasteiger partial charge in [-0.05, 0) is 48.2 Å². The van der Waals surface area contributed by atoms with E-state index >= 15 is 0 Å². The van der Waals surface area contributed by atoms with Gasteiger partial charge < -0.3 is 19.9 Å². The Labute approximate surface area is 204 Å². The van der Waals surface area contributed by atoms with Crippen LogP contribution in [0.4, 0.5) is 11.5 Å². The first-order valence-electron chi connectivity index (χ1n) is 9.98. The maximum Gasteiger partial charge on any atom is 0.278 e. The molecule has 3 aromatic rings. The lowest BCUT2D eigenvalue weighted by molar-refractivity contribution is 0.104. The molecule has 4 rings (SSSR count). The van der Waals surface area contributed by atoms with Gasteiger partial charge >= 0.3 is 0 Å². The van der Waals surface area contributed by atoms with Gasteiger partial charge in [-0.1, -0.05) is 23.9 Å². The Hall–Kier alpha value is -3.97. The van der Waals surface area contributed by atoms with E-state index < -0.39 is 27.1 Å². The van der Waals surface area contributed by atoms with E-state index in [0.717, 1.165) is 17.8 Å². The number of aromatic amines is 1. The van der Waals surface area contributed by atoms with Gasteiger partial charge in [0, 0.05) is 5.56 Å². The van der Waals surface area contributed by atoms with Crippen LogP contribution in [0, 0.1) is 0 Å². The van der Waals surface area contributed by atoms with Crippen LogP contribution in [-0.2, 0) is 10.0 Å². The number of aromatic nitrogens is 2. The molecule has 0 amide bonds. The fraction of sp³-hybridized carbons (Fsp3) is 0.136. The monoisotopic (exact) mass is 516 g/mol. The number of hydrogen-bond acceptors (Lipinski definition) is 10. The van der Waals surface area contributed by atoms with Crippen LogP contribution in [0.2, 0.25) is 0 Å². The fourth-order valence-corrected chi connectivity index (χ4v) is 4.84. The Morgan fingerprint density at radius 3 is 2.71 bits per heavy atom. The van der Waals surface area contributed by atoms with Crippen molar-refractivity contribution in [3.63, 3.8) is 0 Å². The Morgan fingerprint density at radius 1 is 1.23 bits per heavy atom. The second kappa shape index (κ2) is 9.72. The molecule has 2 aromatic carbocycles. The summed E-state index contributed by atoms with van der Waals surface area (Å²) in [4.78, 5) is 31.1. The Morgan fingerprint density at radius 2 is 2.00 bits per heavy atom. The van der Waals surface area contributed by atoms with Crippen LogP contribution in [0.1, 0.15) is 15.9 Å². The normalized spacial score (nSPS) is 12.6. The minimum absolute atomic E-state index is 0.0301. The van der Waals surface area contributed by atoms with E-state index in [9.17, 15) is 18.0 Å². The predicted octanol–water partition coefficient (Wildman–Crippen LogP) is 2.51. The van der Waals surface area contributed by atoms with E-state index in [-0.39, 0.29) is 34.0 Å². The molecule has 0 saturated heterocycles. The van der Waals surface area contributed by atoms with Gasteiger partial charge in [0.05, 0.1) is 7.11 Å². The first-order chi connectivity index (χ1) is 16.7. The zero-order valence-corrected chi connectivity index (χ0v) is 20.2. The van der Waals surface area contributed by atoms with Gasteiger partial charge in [0.15, 0.2) is 33.9 Å². The second-order valence-corrected chi connectivity index (χ2v) is 9.56. The Bertz CT molecular complexity index is 1500. The number of benzene rings is 2. The third kappa shape index (κ3) is 5.10. The number of ether oxygens (including phenoxy) is 3. The number of H-pyrrole nitrogens is 1. The zero-order valence-electron chi connectivity index (χ0n) is 18.5. The minimum Gasteiger partial charge on any atom is -0.495 e. The number of nitrogens with two attached hydrogens (primary N) is 1. The molecule has 1 aliphatic heterocycles. The van der Waals surface area contributed by atoms with E-state index in [4.69, 9.17) is 19.9 Å². The number of thioether (sulfide) groups is 1. The molecule has 4 N–H and O–H groups in total. The van der Waals surface area contributed by atoms with Crippen LogP contribution in [0.15, 0.2) is 57.3 Å². The van der Waals surface area contributed by atoms with E-state index in [0.29, 0.717) is 17.1 Å². The van der Waals surface area contributed by atoms with Gasteiger partial charge in [-0.3, -0.25) is 19.3 Å². The molecule has 182 valence electrons. The summed E-state index contributed by atoms with van der Waals surface area (Å²) in [6.45, 7) is 0.133. The van der Waals surface area contributed by atoms with Gasteiger partial charge in [0.2, 0.25) is 6.79 Å². The SMILES string of the molecule is COc1ccc(C(=O)/C=C/c2ccc3c(c2)OCO3)cc1S(=O)(=O)Nc1c(N)nc(SC)[nH]c1=O. The van der Waals surface area contributed by atoms with E-state index in [2.05, 4.69) is 14.7 Å². The van der Waals surface area contributed by atoms with Gasteiger partial charge in [-0.25, -0.2) is 13.4 Å². The van der Waals surface area contributed by atoms with E-state index in [1.165, 1.54) is 25.3 Å². The van der Waals surface area contributed by atoms with Crippen molar-refractivity contribution in [2.75, 3.05) is 30.6 Å². The van der Waals surface area contributed by atoms with Crippen molar-refractivity contribution in [3.8, 4) is 17.2 Å². The van der Waals surface area contributed by atoms with Crippen molar-refractivity contribution < 1.29 is 27.4 Å².